The van der Waals surface area contributed by atoms with Crippen LogP contribution in [0.3, 0.4) is 0 Å². The molecule has 0 atom stereocenters. The van der Waals surface area contributed by atoms with E-state index < -0.39 is 0 Å². The van der Waals surface area contributed by atoms with Crippen LogP contribution in [0.2, 0.25) is 0 Å². The second-order valence-corrected chi connectivity index (χ2v) is 16.7. The van der Waals surface area contributed by atoms with Gasteiger partial charge < -0.3 is 28.7 Å². The third-order valence-electron chi connectivity index (χ3n) is 13.5. The quantitative estimate of drug-likeness (QED) is 0.166. The summed E-state index contributed by atoms with van der Waals surface area (Å²) in [4.78, 5) is 4.76. The predicted octanol–water partition coefficient (Wildman–Crippen LogP) is 10.0. The van der Waals surface area contributed by atoms with Crippen LogP contribution < -0.4 is 61.5 Å². The Hall–Kier alpha value is -8.09. The summed E-state index contributed by atoms with van der Waals surface area (Å²) in [7, 11) is 0. The van der Waals surface area contributed by atoms with Gasteiger partial charge >= 0.3 is 0 Å². The number of hydrogen-bond donors (Lipinski definition) is 0. The highest BCUT2D eigenvalue weighted by atomic mass is 16.5. The maximum atomic E-state index is 7.61. The molecular weight excluding hydrogens is 762 g/mol. The molecule has 9 aromatic carbocycles. The Morgan fingerprint density at radius 1 is 0.290 bits per heavy atom. The molecule has 286 valence electrons. The minimum atomic E-state index is -0.207. The van der Waals surface area contributed by atoms with Gasteiger partial charge in [-0.25, -0.2) is 0 Å². The van der Waals surface area contributed by atoms with Gasteiger partial charge in [-0.2, -0.15) is 0 Å². The first kappa shape index (κ1) is 32.7. The Kier molecular flexibility index (Phi) is 6.23. The van der Waals surface area contributed by atoms with Gasteiger partial charge in [0.05, 0.1) is 11.4 Å². The minimum Gasteiger partial charge on any atom is -0.458 e. The smallest absolute Gasteiger partial charge is 0.266 e. The number of rotatable bonds is 4. The maximum Gasteiger partial charge on any atom is 0.266 e. The van der Waals surface area contributed by atoms with Crippen molar-refractivity contribution in [3.8, 4) is 68.2 Å². The van der Waals surface area contributed by atoms with Gasteiger partial charge in [0, 0.05) is 44.6 Å². The summed E-state index contributed by atoms with van der Waals surface area (Å²) in [5, 5.41) is 0. The monoisotopic (exact) mass is 792 g/mol. The van der Waals surface area contributed by atoms with Gasteiger partial charge in [0.15, 0.2) is 0 Å². The highest BCUT2D eigenvalue weighted by Gasteiger charge is 2.56. The highest BCUT2D eigenvalue weighted by molar-refractivity contribution is 7.03. The molecule has 0 saturated carbocycles. The maximum absolute atomic E-state index is 7.61. The van der Waals surface area contributed by atoms with Crippen molar-refractivity contribution in [2.24, 2.45) is 0 Å². The van der Waals surface area contributed by atoms with E-state index in [0.29, 0.717) is 0 Å². The van der Waals surface area contributed by atoms with E-state index in [0.717, 1.165) is 135 Å². The summed E-state index contributed by atoms with van der Waals surface area (Å²) >= 11 is 0. The summed E-state index contributed by atoms with van der Waals surface area (Å²) in [5.41, 5.74) is 16.7. The third kappa shape index (κ3) is 4.16. The fraction of sp³-hybridized carbons (Fsp3) is 0. The summed E-state index contributed by atoms with van der Waals surface area (Å²) in [6, 6.07) is 63.9. The lowest BCUT2D eigenvalue weighted by molar-refractivity contribution is 0.457. The number of fused-ring (bicyclic) bond motifs is 2. The largest absolute Gasteiger partial charge is 0.458 e. The average Bonchev–Trinajstić information content (AvgIpc) is 3.33. The zero-order chi connectivity index (χ0) is 40.2. The lowest BCUT2D eigenvalue weighted by Crippen LogP contribution is -2.65. The summed E-state index contributed by atoms with van der Waals surface area (Å²) < 4.78 is 29.2. The molecule has 0 aromatic heterocycles. The van der Waals surface area contributed by atoms with Crippen molar-refractivity contribution in [1.82, 2.24) is 0 Å². The van der Waals surface area contributed by atoms with Gasteiger partial charge in [-0.1, -0.05) is 109 Å². The Morgan fingerprint density at radius 3 is 1.06 bits per heavy atom. The Bertz CT molecular complexity index is 3210. The second kappa shape index (κ2) is 11.8. The topological polar surface area (TPSA) is 43.4 Å². The van der Waals surface area contributed by atoms with Crippen LogP contribution in [-0.2, 0) is 0 Å². The average molecular weight is 792 g/mol. The molecule has 0 N–H and O–H groups in total. The molecule has 62 heavy (non-hydrogen) atoms. The van der Waals surface area contributed by atoms with Gasteiger partial charge in [0.1, 0.15) is 46.0 Å². The number of para-hydroxylation sites is 2. The van der Waals surface area contributed by atoms with Crippen LogP contribution in [0, 0.1) is 0 Å². The van der Waals surface area contributed by atoms with Gasteiger partial charge in [-0.15, -0.1) is 0 Å². The fourth-order valence-electron chi connectivity index (χ4n) is 11.1. The van der Waals surface area contributed by atoms with Crippen LogP contribution in [0.4, 0.5) is 34.1 Å². The Balaban J connectivity index is 1.11. The molecule has 8 heteroatoms. The first-order valence-corrected chi connectivity index (χ1v) is 21.1. The van der Waals surface area contributed by atoms with Crippen molar-refractivity contribution in [2.75, 3.05) is 9.80 Å². The van der Waals surface area contributed by atoms with Crippen molar-refractivity contribution >= 4 is 80.3 Å². The highest BCUT2D eigenvalue weighted by Crippen LogP contribution is 2.57. The van der Waals surface area contributed by atoms with Gasteiger partial charge in [-0.3, -0.25) is 0 Å². The lowest BCUT2D eigenvalue weighted by atomic mass is 9.30. The molecule has 15 rings (SSSR count). The van der Waals surface area contributed by atoms with E-state index in [-0.39, 0.29) is 13.4 Å². The van der Waals surface area contributed by atoms with Crippen LogP contribution in [-0.4, -0.2) is 13.4 Å². The number of hydrogen-bond acceptors (Lipinski definition) is 6. The van der Waals surface area contributed by atoms with Crippen LogP contribution in [0.5, 0.6) is 46.0 Å². The molecule has 0 saturated heterocycles. The Labute approximate surface area is 357 Å². The molecule has 6 nitrogen and oxygen atoms in total. The van der Waals surface area contributed by atoms with Crippen molar-refractivity contribution < 1.29 is 18.9 Å². The molecule has 0 bridgehead atoms. The summed E-state index contributed by atoms with van der Waals surface area (Å²) in [6.45, 7) is -0.414. The second-order valence-electron chi connectivity index (χ2n) is 16.7. The van der Waals surface area contributed by atoms with Gasteiger partial charge in [-0.05, 0) is 106 Å². The van der Waals surface area contributed by atoms with E-state index in [1.165, 1.54) is 0 Å². The van der Waals surface area contributed by atoms with E-state index in [4.69, 9.17) is 18.9 Å². The molecule has 6 aliphatic rings. The van der Waals surface area contributed by atoms with E-state index in [9.17, 15) is 0 Å². The molecule has 0 spiro atoms. The van der Waals surface area contributed by atoms with Crippen molar-refractivity contribution in [3.05, 3.63) is 182 Å². The zero-order valence-corrected chi connectivity index (χ0v) is 33.0. The number of anilines is 6. The molecule has 9 aromatic rings. The molecule has 6 aliphatic heterocycles. The van der Waals surface area contributed by atoms with Crippen LogP contribution in [0.25, 0.3) is 22.3 Å². The summed E-state index contributed by atoms with van der Waals surface area (Å²) in [5.74, 6) is 6.49. The van der Waals surface area contributed by atoms with Gasteiger partial charge in [0.25, 0.3) is 13.4 Å². The van der Waals surface area contributed by atoms with E-state index >= 15 is 0 Å². The molecule has 0 amide bonds. The van der Waals surface area contributed by atoms with Crippen LogP contribution in [0.1, 0.15) is 0 Å². The van der Waals surface area contributed by atoms with E-state index in [2.05, 4.69) is 192 Å². The van der Waals surface area contributed by atoms with E-state index in [1.807, 2.05) is 0 Å². The number of ether oxygens (including phenoxy) is 4. The molecule has 0 fully saturated rings. The fourth-order valence-corrected chi connectivity index (χ4v) is 11.1. The first-order chi connectivity index (χ1) is 30.8. The first-order valence-electron chi connectivity index (χ1n) is 21.1. The Morgan fingerprint density at radius 2 is 0.661 bits per heavy atom. The molecule has 0 aliphatic carbocycles. The normalized spacial score (nSPS) is 14.2. The van der Waals surface area contributed by atoms with Crippen LogP contribution in [0.15, 0.2) is 182 Å². The van der Waals surface area contributed by atoms with Crippen molar-refractivity contribution in [1.29, 1.82) is 0 Å². The molecule has 0 unspecified atom stereocenters. The standard InChI is InChI=1S/C54H30B2N2O4/c1-5-15-31(16-6-1)33-27-41-47-43(29-33)61-53-49-52(58(36-21-11-4-12-22-36)37-23-13-25-39(59-41)45(37)55(47)49)54-50-51(53)57(35-19-9-3-10-20-35)38-24-14-26-40-46(38)56(50)48-42(60-40)28-34(30-44(48)62-54)32-17-7-2-8-18-32/h1-30H. The van der Waals surface area contributed by atoms with Crippen molar-refractivity contribution in [2.45, 2.75) is 0 Å². The summed E-state index contributed by atoms with van der Waals surface area (Å²) in [6.07, 6.45) is 0. The zero-order valence-electron chi connectivity index (χ0n) is 33.0. The van der Waals surface area contributed by atoms with E-state index in [1.54, 1.807) is 0 Å². The number of nitrogens with zero attached hydrogens (tertiary/aromatic N) is 2. The minimum absolute atomic E-state index is 0.207. The molecule has 0 radical (unpaired) electrons. The number of benzene rings is 9. The van der Waals surface area contributed by atoms with Gasteiger partial charge in [0.2, 0.25) is 0 Å². The van der Waals surface area contributed by atoms with Crippen LogP contribution >= 0.6 is 0 Å². The van der Waals surface area contributed by atoms with Crippen molar-refractivity contribution in [3.63, 3.8) is 0 Å². The predicted molar refractivity (Wildman–Crippen MR) is 249 cm³/mol. The lowest BCUT2D eigenvalue weighted by Gasteiger charge is -2.49. The molecular formula is C54H30B2N2O4. The molecule has 6 heterocycles. The third-order valence-corrected chi connectivity index (χ3v) is 13.5. The SMILES string of the molecule is c1ccc(-c2cc3c4c(c2)Oc2c5c(c6c7c2N(c2ccccc2)c2cccc8c2B7c2c(cc(-c7ccccc7)cc2O6)O8)N(c2ccccc2)c2cccc(c2B45)O3)cc1.